The zero-order chi connectivity index (χ0) is 13.0. The van der Waals surface area contributed by atoms with Crippen LogP contribution in [0.5, 0.6) is 0 Å². The fourth-order valence-corrected chi connectivity index (χ4v) is 2.08. The topological polar surface area (TPSA) is 42.7 Å². The highest BCUT2D eigenvalue weighted by molar-refractivity contribution is 5.62. The summed E-state index contributed by atoms with van der Waals surface area (Å²) in [6.07, 6.45) is 4.08. The van der Waals surface area contributed by atoms with Crippen LogP contribution in [-0.2, 0) is 7.05 Å². The Hall–Kier alpha value is -1.84. The highest BCUT2D eigenvalue weighted by atomic mass is 15.2. The second-order valence-electron chi connectivity index (χ2n) is 4.68. The van der Waals surface area contributed by atoms with Crippen LogP contribution in [0.3, 0.4) is 0 Å². The molecule has 4 nitrogen and oxygen atoms in total. The predicted molar refractivity (Wildman–Crippen MR) is 74.4 cm³/mol. The Morgan fingerprint density at radius 3 is 2.89 bits per heavy atom. The van der Waals surface area contributed by atoms with E-state index in [4.69, 9.17) is 0 Å². The van der Waals surface area contributed by atoms with Crippen molar-refractivity contribution in [2.24, 2.45) is 7.05 Å². The van der Waals surface area contributed by atoms with Gasteiger partial charge in [0.15, 0.2) is 5.82 Å². The maximum absolute atomic E-state index is 4.13. The molecule has 0 saturated carbocycles. The molecular weight excluding hydrogens is 224 g/mol. The van der Waals surface area contributed by atoms with Crippen molar-refractivity contribution in [3.63, 3.8) is 0 Å². The lowest BCUT2D eigenvalue weighted by Gasteiger charge is -2.14. The second-order valence-corrected chi connectivity index (χ2v) is 4.68. The Morgan fingerprint density at radius 1 is 1.39 bits per heavy atom. The van der Waals surface area contributed by atoms with Crippen LogP contribution in [0, 0.1) is 0 Å². The van der Waals surface area contributed by atoms with Gasteiger partial charge in [0, 0.05) is 24.3 Å². The Labute approximate surface area is 108 Å². The lowest BCUT2D eigenvalue weighted by atomic mass is 10.1. The number of anilines is 1. The minimum atomic E-state index is 0.491. The SMILES string of the molecule is CCCC(C)Nc1cccc(-c2nncn2C)c1. The van der Waals surface area contributed by atoms with Crippen molar-refractivity contribution in [2.75, 3.05) is 5.32 Å². The summed E-state index contributed by atoms with van der Waals surface area (Å²) in [6.45, 7) is 4.41. The molecule has 0 aliphatic heterocycles. The summed E-state index contributed by atoms with van der Waals surface area (Å²) in [5, 5.41) is 11.5. The van der Waals surface area contributed by atoms with Gasteiger partial charge in [0.25, 0.3) is 0 Å². The van der Waals surface area contributed by atoms with E-state index >= 15 is 0 Å². The van der Waals surface area contributed by atoms with E-state index in [9.17, 15) is 0 Å². The summed E-state index contributed by atoms with van der Waals surface area (Å²) in [5.74, 6) is 0.891. The van der Waals surface area contributed by atoms with E-state index < -0.39 is 0 Å². The van der Waals surface area contributed by atoms with E-state index in [-0.39, 0.29) is 0 Å². The van der Waals surface area contributed by atoms with E-state index in [1.807, 2.05) is 17.7 Å². The average Bonchev–Trinajstić information content (AvgIpc) is 2.76. The molecule has 0 aliphatic carbocycles. The van der Waals surface area contributed by atoms with Crippen LogP contribution in [0.1, 0.15) is 26.7 Å². The van der Waals surface area contributed by atoms with Gasteiger partial charge >= 0.3 is 0 Å². The first-order chi connectivity index (χ1) is 8.70. The van der Waals surface area contributed by atoms with Gasteiger partial charge in [-0.3, -0.25) is 0 Å². The molecular formula is C14H20N4. The largest absolute Gasteiger partial charge is 0.383 e. The Balaban J connectivity index is 2.18. The zero-order valence-electron chi connectivity index (χ0n) is 11.2. The molecule has 4 heteroatoms. The molecule has 0 amide bonds. The van der Waals surface area contributed by atoms with Crippen LogP contribution in [0.25, 0.3) is 11.4 Å². The van der Waals surface area contributed by atoms with E-state index in [0.717, 1.165) is 17.1 Å². The highest BCUT2D eigenvalue weighted by Gasteiger charge is 2.06. The number of hydrogen-bond donors (Lipinski definition) is 1. The third-order valence-electron chi connectivity index (χ3n) is 2.97. The number of benzene rings is 1. The number of nitrogens with one attached hydrogen (secondary N) is 1. The minimum Gasteiger partial charge on any atom is -0.383 e. The van der Waals surface area contributed by atoms with Crippen molar-refractivity contribution in [2.45, 2.75) is 32.7 Å². The number of nitrogens with zero attached hydrogens (tertiary/aromatic N) is 3. The number of hydrogen-bond acceptors (Lipinski definition) is 3. The third kappa shape index (κ3) is 2.88. The average molecular weight is 244 g/mol. The molecule has 2 aromatic rings. The Morgan fingerprint density at radius 2 is 2.22 bits per heavy atom. The van der Waals surface area contributed by atoms with Gasteiger partial charge in [0.1, 0.15) is 6.33 Å². The molecule has 0 aliphatic rings. The van der Waals surface area contributed by atoms with Crippen molar-refractivity contribution in [3.8, 4) is 11.4 Å². The van der Waals surface area contributed by atoms with Crippen LogP contribution < -0.4 is 5.32 Å². The monoisotopic (exact) mass is 244 g/mol. The molecule has 0 radical (unpaired) electrons. The van der Waals surface area contributed by atoms with Gasteiger partial charge in [-0.1, -0.05) is 25.5 Å². The smallest absolute Gasteiger partial charge is 0.163 e. The lowest BCUT2D eigenvalue weighted by molar-refractivity contribution is 0.690. The molecule has 1 unspecified atom stereocenters. The first kappa shape index (κ1) is 12.6. The normalized spacial score (nSPS) is 12.4. The molecule has 1 N–H and O–H groups in total. The van der Waals surface area contributed by atoms with Gasteiger partial charge in [-0.25, -0.2) is 0 Å². The maximum Gasteiger partial charge on any atom is 0.163 e. The van der Waals surface area contributed by atoms with E-state index in [2.05, 4.69) is 47.6 Å². The number of rotatable bonds is 5. The maximum atomic E-state index is 4.13. The standard InChI is InChI=1S/C14H20N4/c1-4-6-11(2)16-13-8-5-7-12(9-13)14-17-15-10-18(14)3/h5,7-11,16H,4,6H2,1-3H3. The van der Waals surface area contributed by atoms with Crippen LogP contribution in [0.15, 0.2) is 30.6 Å². The highest BCUT2D eigenvalue weighted by Crippen LogP contribution is 2.20. The Bertz CT molecular complexity index is 504. The van der Waals surface area contributed by atoms with Crippen molar-refractivity contribution in [1.29, 1.82) is 0 Å². The summed E-state index contributed by atoms with van der Waals surface area (Å²) >= 11 is 0. The number of aryl methyl sites for hydroxylation is 1. The summed E-state index contributed by atoms with van der Waals surface area (Å²) < 4.78 is 1.93. The molecule has 0 bridgehead atoms. The van der Waals surface area contributed by atoms with Gasteiger partial charge in [-0.05, 0) is 25.5 Å². The zero-order valence-corrected chi connectivity index (χ0v) is 11.2. The molecule has 1 heterocycles. The quantitative estimate of drug-likeness (QED) is 0.879. The summed E-state index contributed by atoms with van der Waals surface area (Å²) in [4.78, 5) is 0. The fraction of sp³-hybridized carbons (Fsp3) is 0.429. The summed E-state index contributed by atoms with van der Waals surface area (Å²) in [5.41, 5.74) is 2.22. The third-order valence-corrected chi connectivity index (χ3v) is 2.97. The molecule has 1 atom stereocenters. The van der Waals surface area contributed by atoms with Crippen molar-refractivity contribution < 1.29 is 0 Å². The Kier molecular flexibility index (Phi) is 3.97. The number of aromatic nitrogens is 3. The van der Waals surface area contributed by atoms with Crippen molar-refractivity contribution in [3.05, 3.63) is 30.6 Å². The second kappa shape index (κ2) is 5.67. The first-order valence-electron chi connectivity index (χ1n) is 6.41. The lowest BCUT2D eigenvalue weighted by Crippen LogP contribution is -2.14. The van der Waals surface area contributed by atoms with Crippen LogP contribution in [0.2, 0.25) is 0 Å². The molecule has 0 fully saturated rings. The summed E-state index contributed by atoms with van der Waals surface area (Å²) in [6, 6.07) is 8.80. The van der Waals surface area contributed by atoms with Crippen LogP contribution >= 0.6 is 0 Å². The molecule has 18 heavy (non-hydrogen) atoms. The van der Waals surface area contributed by atoms with Crippen LogP contribution in [0.4, 0.5) is 5.69 Å². The van der Waals surface area contributed by atoms with Gasteiger partial charge < -0.3 is 9.88 Å². The van der Waals surface area contributed by atoms with Gasteiger partial charge in [0.2, 0.25) is 0 Å². The predicted octanol–water partition coefficient (Wildman–Crippen LogP) is 3.08. The molecule has 1 aromatic heterocycles. The summed E-state index contributed by atoms with van der Waals surface area (Å²) in [7, 11) is 1.95. The van der Waals surface area contributed by atoms with E-state index in [0.29, 0.717) is 6.04 Å². The molecule has 1 aromatic carbocycles. The van der Waals surface area contributed by atoms with Crippen molar-refractivity contribution in [1.82, 2.24) is 14.8 Å². The van der Waals surface area contributed by atoms with Gasteiger partial charge in [0.05, 0.1) is 0 Å². The minimum absolute atomic E-state index is 0.491. The molecule has 96 valence electrons. The fourth-order valence-electron chi connectivity index (χ4n) is 2.08. The van der Waals surface area contributed by atoms with E-state index in [1.54, 1.807) is 6.33 Å². The molecule has 2 rings (SSSR count). The first-order valence-corrected chi connectivity index (χ1v) is 6.41. The van der Waals surface area contributed by atoms with E-state index in [1.165, 1.54) is 12.8 Å². The van der Waals surface area contributed by atoms with Gasteiger partial charge in [-0.2, -0.15) is 0 Å². The molecule has 0 saturated heterocycles. The molecule has 0 spiro atoms. The van der Waals surface area contributed by atoms with Crippen molar-refractivity contribution >= 4 is 5.69 Å². The van der Waals surface area contributed by atoms with Gasteiger partial charge in [-0.15, -0.1) is 10.2 Å². The van der Waals surface area contributed by atoms with Crippen LogP contribution in [-0.4, -0.2) is 20.8 Å².